The van der Waals surface area contributed by atoms with E-state index in [1.54, 1.807) is 11.1 Å². The van der Waals surface area contributed by atoms with Gasteiger partial charge in [0.1, 0.15) is 6.54 Å². The summed E-state index contributed by atoms with van der Waals surface area (Å²) in [6.45, 7) is 2.56. The first-order valence-corrected chi connectivity index (χ1v) is 13.1. The van der Waals surface area contributed by atoms with E-state index in [1.165, 1.54) is 5.56 Å². The molecule has 6 rings (SSSR count). The number of aryl methyl sites for hydroxylation is 1. The number of hydrogen-bond acceptors (Lipinski definition) is 6. The van der Waals surface area contributed by atoms with Crippen molar-refractivity contribution >= 4 is 35.1 Å². The lowest BCUT2D eigenvalue weighted by molar-refractivity contribution is -0.119. The highest BCUT2D eigenvalue weighted by Crippen LogP contribution is 2.32. The van der Waals surface area contributed by atoms with Gasteiger partial charge in [0, 0.05) is 49.2 Å². The molecule has 3 aliphatic heterocycles. The van der Waals surface area contributed by atoms with Gasteiger partial charge in [-0.3, -0.25) is 9.59 Å². The van der Waals surface area contributed by atoms with Crippen LogP contribution in [0, 0.1) is 0 Å². The molecule has 0 aliphatic carbocycles. The molecule has 1 saturated heterocycles. The summed E-state index contributed by atoms with van der Waals surface area (Å²) in [4.78, 5) is 39.0. The zero-order valence-electron chi connectivity index (χ0n) is 20.5. The Hall–Kier alpha value is -3.49. The average molecular weight is 518 g/mol. The van der Waals surface area contributed by atoms with Crippen LogP contribution in [0.4, 0.5) is 11.6 Å². The molecule has 3 aliphatic rings. The van der Waals surface area contributed by atoms with E-state index >= 15 is 0 Å². The Morgan fingerprint density at radius 2 is 1.97 bits per heavy atom. The van der Waals surface area contributed by atoms with Crippen molar-refractivity contribution in [2.75, 3.05) is 36.5 Å². The molecule has 1 aromatic heterocycles. The van der Waals surface area contributed by atoms with Crippen LogP contribution in [0.5, 0.6) is 0 Å². The van der Waals surface area contributed by atoms with Crippen LogP contribution in [0.15, 0.2) is 48.7 Å². The number of anilines is 2. The van der Waals surface area contributed by atoms with Crippen LogP contribution in [0.3, 0.4) is 0 Å². The minimum absolute atomic E-state index is 0.0462. The molecule has 1 N–H and O–H groups in total. The lowest BCUT2D eigenvalue weighted by Gasteiger charge is -2.30. The fourth-order valence-electron chi connectivity index (χ4n) is 5.34. The summed E-state index contributed by atoms with van der Waals surface area (Å²) in [6.07, 6.45) is 5.26. The highest BCUT2D eigenvalue weighted by atomic mass is 35.5. The van der Waals surface area contributed by atoms with Gasteiger partial charge in [0.25, 0.3) is 5.91 Å². The maximum absolute atomic E-state index is 13.3. The predicted molar refractivity (Wildman–Crippen MR) is 142 cm³/mol. The van der Waals surface area contributed by atoms with Gasteiger partial charge < -0.3 is 19.9 Å². The fraction of sp³-hybridized carbons (Fsp3) is 0.357. The number of aromatic nitrogens is 2. The van der Waals surface area contributed by atoms with E-state index in [0.29, 0.717) is 48.5 Å². The van der Waals surface area contributed by atoms with Crippen LogP contribution in [0.1, 0.15) is 40.7 Å². The van der Waals surface area contributed by atoms with E-state index in [-0.39, 0.29) is 24.4 Å². The Balaban J connectivity index is 1.19. The monoisotopic (exact) mass is 517 g/mol. The van der Waals surface area contributed by atoms with Crippen molar-refractivity contribution in [1.82, 2.24) is 14.9 Å². The molecule has 0 saturated carbocycles. The number of halogens is 1. The summed E-state index contributed by atoms with van der Waals surface area (Å²) in [6, 6.07) is 13.9. The van der Waals surface area contributed by atoms with Crippen LogP contribution >= 0.6 is 11.6 Å². The van der Waals surface area contributed by atoms with E-state index in [9.17, 15) is 9.59 Å². The zero-order valence-corrected chi connectivity index (χ0v) is 21.2. The smallest absolute Gasteiger partial charge is 0.254 e. The Bertz CT molecular complexity index is 1360. The van der Waals surface area contributed by atoms with Gasteiger partial charge in [-0.15, -0.1) is 0 Å². The predicted octanol–water partition coefficient (Wildman–Crippen LogP) is 4.32. The number of benzene rings is 2. The number of para-hydroxylation sites is 1. The molecule has 0 bridgehead atoms. The number of carbonyl (C=O) groups is 2. The minimum atomic E-state index is -0.152. The van der Waals surface area contributed by atoms with Crippen molar-refractivity contribution in [1.29, 1.82) is 0 Å². The van der Waals surface area contributed by atoms with Crippen LogP contribution < -0.4 is 10.2 Å². The Kier molecular flexibility index (Phi) is 6.52. The summed E-state index contributed by atoms with van der Waals surface area (Å²) in [7, 11) is 0. The normalized spacial score (nSPS) is 17.5. The summed E-state index contributed by atoms with van der Waals surface area (Å²) in [5.41, 5.74) is 4.92. The molecule has 9 heteroatoms. The summed E-state index contributed by atoms with van der Waals surface area (Å²) in [5, 5.41) is 3.78. The summed E-state index contributed by atoms with van der Waals surface area (Å²) in [5.74, 6) is 0.296. The van der Waals surface area contributed by atoms with Gasteiger partial charge in [-0.05, 0) is 48.9 Å². The van der Waals surface area contributed by atoms with Gasteiger partial charge in [-0.25, -0.2) is 9.97 Å². The minimum Gasteiger partial charge on any atom is -0.381 e. The van der Waals surface area contributed by atoms with E-state index < -0.39 is 0 Å². The molecule has 37 heavy (non-hydrogen) atoms. The number of hydrogen-bond donors (Lipinski definition) is 1. The van der Waals surface area contributed by atoms with Crippen molar-refractivity contribution < 1.29 is 14.3 Å². The van der Waals surface area contributed by atoms with Gasteiger partial charge >= 0.3 is 0 Å². The molecule has 3 aromatic rings. The van der Waals surface area contributed by atoms with Crippen molar-refractivity contribution in [3.05, 3.63) is 70.4 Å². The third-order valence-electron chi connectivity index (χ3n) is 7.30. The maximum Gasteiger partial charge on any atom is 0.254 e. The molecular formula is C28H28ClN5O3. The number of nitrogens with one attached hydrogen (secondary N) is 1. The number of ether oxygens (including phenoxy) is 1. The van der Waals surface area contributed by atoms with Crippen molar-refractivity contribution in [3.63, 3.8) is 0 Å². The van der Waals surface area contributed by atoms with E-state index in [0.717, 1.165) is 42.5 Å². The van der Waals surface area contributed by atoms with Gasteiger partial charge in [-0.1, -0.05) is 41.9 Å². The van der Waals surface area contributed by atoms with Gasteiger partial charge in [0.15, 0.2) is 0 Å². The first kappa shape index (κ1) is 23.9. The number of nitrogens with zero attached hydrogens (tertiary/aromatic N) is 4. The number of carbonyl (C=O) groups excluding carboxylic acids is 2. The molecule has 0 atom stereocenters. The van der Waals surface area contributed by atoms with Crippen LogP contribution in [-0.4, -0.2) is 59.0 Å². The first-order valence-electron chi connectivity index (χ1n) is 12.7. The highest BCUT2D eigenvalue weighted by molar-refractivity contribution is 6.33. The summed E-state index contributed by atoms with van der Waals surface area (Å²) < 4.78 is 5.42. The van der Waals surface area contributed by atoms with Crippen molar-refractivity contribution in [2.45, 2.75) is 38.3 Å². The molecular weight excluding hydrogens is 490 g/mol. The summed E-state index contributed by atoms with van der Waals surface area (Å²) >= 11 is 6.47. The lowest BCUT2D eigenvalue weighted by Crippen LogP contribution is -2.42. The third kappa shape index (κ3) is 4.79. The van der Waals surface area contributed by atoms with E-state index in [1.807, 2.05) is 41.3 Å². The third-order valence-corrected chi connectivity index (χ3v) is 7.57. The second-order valence-corrected chi connectivity index (χ2v) is 10.1. The second-order valence-electron chi connectivity index (χ2n) is 9.73. The number of fused-ring (bicyclic) bond motifs is 2. The first-order chi connectivity index (χ1) is 18.1. The molecule has 2 aromatic carbocycles. The molecule has 8 nitrogen and oxygen atoms in total. The molecule has 0 spiro atoms. The quantitative estimate of drug-likeness (QED) is 0.542. The molecule has 0 radical (unpaired) electrons. The van der Waals surface area contributed by atoms with Gasteiger partial charge in [-0.2, -0.15) is 0 Å². The molecule has 1 fully saturated rings. The van der Waals surface area contributed by atoms with E-state index in [4.69, 9.17) is 16.3 Å². The maximum atomic E-state index is 13.3. The van der Waals surface area contributed by atoms with Crippen LogP contribution in [-0.2, 0) is 22.5 Å². The number of rotatable bonds is 5. The van der Waals surface area contributed by atoms with Crippen LogP contribution in [0.2, 0.25) is 5.02 Å². The second kappa shape index (κ2) is 10.1. The molecule has 0 unspecified atom stereocenters. The molecule has 4 heterocycles. The standard InChI is InChI=1S/C28H28ClN5O3/c29-23-15-30-28(31-21-9-12-37-13-10-21)32-26(23)19-7-8-20-16-33(27(36)22(20)14-19)17-25(35)34-11-3-5-18-4-1-2-6-24(18)34/h1-2,4,6-8,14-15,21H,3,5,9-13,16-17H2,(H,30,31,32). The largest absolute Gasteiger partial charge is 0.381 e. The van der Waals surface area contributed by atoms with E-state index in [2.05, 4.69) is 21.4 Å². The number of amides is 2. The van der Waals surface area contributed by atoms with Crippen molar-refractivity contribution in [3.8, 4) is 11.3 Å². The molecule has 2 amide bonds. The Morgan fingerprint density at radius 3 is 2.84 bits per heavy atom. The van der Waals surface area contributed by atoms with Gasteiger partial charge in [0.2, 0.25) is 11.9 Å². The highest BCUT2D eigenvalue weighted by Gasteiger charge is 2.32. The Morgan fingerprint density at radius 1 is 1.14 bits per heavy atom. The lowest BCUT2D eigenvalue weighted by atomic mass is 10.0. The topological polar surface area (TPSA) is 87.7 Å². The SMILES string of the molecule is O=C1c2cc(-c3nc(NC4CCOCC4)ncc3Cl)ccc2CN1CC(=O)N1CCCc2ccccc21. The molecule has 190 valence electrons. The van der Waals surface area contributed by atoms with Gasteiger partial charge in [0.05, 0.1) is 16.9 Å². The fourth-order valence-corrected chi connectivity index (χ4v) is 5.54. The average Bonchev–Trinajstić information content (AvgIpc) is 3.24. The van der Waals surface area contributed by atoms with Crippen LogP contribution in [0.25, 0.3) is 11.3 Å². The van der Waals surface area contributed by atoms with Crippen molar-refractivity contribution in [2.24, 2.45) is 0 Å². The zero-order chi connectivity index (χ0) is 25.4. The Labute approximate surface area is 220 Å².